The van der Waals surface area contributed by atoms with Crippen LogP contribution in [-0.4, -0.2) is 9.38 Å². The lowest BCUT2D eigenvalue weighted by atomic mass is 10.1. The third-order valence-electron chi connectivity index (χ3n) is 3.93. The van der Waals surface area contributed by atoms with Crippen molar-refractivity contribution in [2.75, 3.05) is 0 Å². The number of aromatic nitrogens is 2. The average Bonchev–Trinajstić information content (AvgIpc) is 3.07. The summed E-state index contributed by atoms with van der Waals surface area (Å²) in [5.74, 6) is -1.52. The fraction of sp³-hybridized carbons (Fsp3) is 0. The Kier molecular flexibility index (Phi) is 4.15. The molecule has 2 aromatic carbocycles. The number of imidazole rings is 1. The molecule has 0 radical (unpaired) electrons. The molecule has 0 fully saturated rings. The normalized spacial score (nSPS) is 11.1. The Labute approximate surface area is 152 Å². The fourth-order valence-electron chi connectivity index (χ4n) is 2.66. The summed E-state index contributed by atoms with van der Waals surface area (Å²) in [5, 5.41) is 17.4. The van der Waals surface area contributed by atoms with Crippen LogP contribution < -0.4 is 0 Å². The van der Waals surface area contributed by atoms with Crippen LogP contribution in [0.2, 0.25) is 0 Å². The Bertz CT molecular complexity index is 1220. The van der Waals surface area contributed by atoms with Gasteiger partial charge in [-0.15, -0.1) is 10.2 Å². The monoisotopic (exact) mass is 359 g/mol. The first-order chi connectivity index (χ1) is 13.2. The second kappa shape index (κ2) is 6.77. The van der Waals surface area contributed by atoms with Gasteiger partial charge in [0.25, 0.3) is 0 Å². The molecule has 130 valence electrons. The van der Waals surface area contributed by atoms with Crippen molar-refractivity contribution in [2.24, 2.45) is 10.2 Å². The van der Waals surface area contributed by atoms with E-state index in [1.807, 2.05) is 12.1 Å². The maximum Gasteiger partial charge on any atom is 0.187 e. The largest absolute Gasteiger partial charge is 0.283 e. The molecule has 0 spiro atoms. The summed E-state index contributed by atoms with van der Waals surface area (Å²) >= 11 is 0. The predicted molar refractivity (Wildman–Crippen MR) is 95.9 cm³/mol. The fourth-order valence-corrected chi connectivity index (χ4v) is 2.66. The van der Waals surface area contributed by atoms with Gasteiger partial charge in [-0.1, -0.05) is 12.1 Å². The number of halogens is 2. The van der Waals surface area contributed by atoms with Crippen molar-refractivity contribution in [3.63, 3.8) is 0 Å². The number of benzene rings is 2. The van der Waals surface area contributed by atoms with Gasteiger partial charge in [0, 0.05) is 11.8 Å². The van der Waals surface area contributed by atoms with Crippen molar-refractivity contribution in [3.05, 3.63) is 84.1 Å². The van der Waals surface area contributed by atoms with Gasteiger partial charge in [0.2, 0.25) is 0 Å². The molecule has 0 saturated carbocycles. The second-order valence-corrected chi connectivity index (χ2v) is 5.70. The Hall–Kier alpha value is -3.92. The van der Waals surface area contributed by atoms with Gasteiger partial charge in [-0.3, -0.25) is 4.40 Å². The molecule has 0 unspecified atom stereocenters. The van der Waals surface area contributed by atoms with Crippen molar-refractivity contribution in [1.82, 2.24) is 9.38 Å². The first kappa shape index (κ1) is 16.5. The highest BCUT2D eigenvalue weighted by Gasteiger charge is 2.15. The summed E-state index contributed by atoms with van der Waals surface area (Å²) in [6, 6.07) is 17.7. The van der Waals surface area contributed by atoms with E-state index in [1.165, 1.54) is 6.07 Å². The molecule has 7 heteroatoms. The van der Waals surface area contributed by atoms with Crippen LogP contribution in [0, 0.1) is 23.0 Å². The molecule has 2 aromatic heterocycles. The minimum atomic E-state index is -0.964. The minimum absolute atomic E-state index is 0.374. The van der Waals surface area contributed by atoms with Gasteiger partial charge in [-0.2, -0.15) is 5.26 Å². The van der Waals surface area contributed by atoms with E-state index in [0.29, 0.717) is 34.0 Å². The van der Waals surface area contributed by atoms with Gasteiger partial charge in [-0.05, 0) is 48.5 Å². The number of nitriles is 1. The number of azo groups is 1. The first-order valence-corrected chi connectivity index (χ1v) is 8.00. The van der Waals surface area contributed by atoms with E-state index in [9.17, 15) is 8.78 Å². The molecule has 0 aliphatic carbocycles. The Morgan fingerprint density at radius 2 is 1.81 bits per heavy atom. The van der Waals surface area contributed by atoms with Crippen molar-refractivity contribution < 1.29 is 8.78 Å². The maximum absolute atomic E-state index is 13.7. The van der Waals surface area contributed by atoms with Crippen LogP contribution in [0.1, 0.15) is 5.56 Å². The van der Waals surface area contributed by atoms with Gasteiger partial charge in [0.1, 0.15) is 11.3 Å². The van der Waals surface area contributed by atoms with Crippen molar-refractivity contribution in [2.45, 2.75) is 0 Å². The number of hydrogen-bond acceptors (Lipinski definition) is 4. The third-order valence-corrected chi connectivity index (χ3v) is 3.93. The molecule has 4 aromatic rings. The summed E-state index contributed by atoms with van der Waals surface area (Å²) in [7, 11) is 0. The molecular formula is C20H11F2N5. The van der Waals surface area contributed by atoms with E-state index in [2.05, 4.69) is 15.2 Å². The van der Waals surface area contributed by atoms with Gasteiger partial charge in [0.05, 0.1) is 17.3 Å². The summed E-state index contributed by atoms with van der Waals surface area (Å²) in [5.41, 5.74) is 2.32. The molecule has 0 saturated heterocycles. The highest BCUT2D eigenvalue weighted by Crippen LogP contribution is 2.33. The van der Waals surface area contributed by atoms with Gasteiger partial charge in [-0.25, -0.2) is 13.8 Å². The van der Waals surface area contributed by atoms with Gasteiger partial charge < -0.3 is 0 Å². The zero-order valence-corrected chi connectivity index (χ0v) is 13.8. The smallest absolute Gasteiger partial charge is 0.187 e. The summed E-state index contributed by atoms with van der Waals surface area (Å²) in [6.07, 6.45) is 1.76. The van der Waals surface area contributed by atoms with Crippen LogP contribution in [0.15, 0.2) is 77.1 Å². The van der Waals surface area contributed by atoms with E-state index in [1.54, 1.807) is 47.0 Å². The predicted octanol–water partition coefficient (Wildman–Crippen LogP) is 5.57. The molecular weight excluding hydrogens is 348 g/mol. The minimum Gasteiger partial charge on any atom is -0.283 e. The van der Waals surface area contributed by atoms with Crippen LogP contribution in [0.25, 0.3) is 16.9 Å². The van der Waals surface area contributed by atoms with E-state index in [0.717, 1.165) is 12.1 Å². The molecule has 2 heterocycles. The van der Waals surface area contributed by atoms with Crippen LogP contribution >= 0.6 is 0 Å². The molecule has 0 bridgehead atoms. The number of rotatable bonds is 3. The molecule has 4 rings (SSSR count). The van der Waals surface area contributed by atoms with E-state index in [4.69, 9.17) is 5.26 Å². The summed E-state index contributed by atoms with van der Waals surface area (Å²) in [6.45, 7) is 0. The van der Waals surface area contributed by atoms with Gasteiger partial charge >= 0.3 is 0 Å². The highest BCUT2D eigenvalue weighted by molar-refractivity contribution is 5.74. The molecule has 5 nitrogen and oxygen atoms in total. The molecule has 27 heavy (non-hydrogen) atoms. The number of hydrogen-bond donors (Lipinski definition) is 0. The average molecular weight is 359 g/mol. The second-order valence-electron chi connectivity index (χ2n) is 5.70. The van der Waals surface area contributed by atoms with Crippen molar-refractivity contribution >= 4 is 17.2 Å². The quantitative estimate of drug-likeness (QED) is 0.449. The summed E-state index contributed by atoms with van der Waals surface area (Å²) in [4.78, 5) is 4.47. The molecule has 0 N–H and O–H groups in total. The van der Waals surface area contributed by atoms with Crippen LogP contribution in [0.5, 0.6) is 0 Å². The number of pyridine rings is 1. The standard InChI is InChI=1S/C20H11F2N5/c21-16-8-7-14(11-17(16)22)19-20(27-9-2-1-6-18(27)24-19)26-25-15-5-3-4-13(10-15)12-23/h1-11H. The SMILES string of the molecule is N#Cc1cccc(N=Nc2c(-c3ccc(F)c(F)c3)nc3ccccn23)c1. The van der Waals surface area contributed by atoms with E-state index < -0.39 is 11.6 Å². The van der Waals surface area contributed by atoms with Crippen LogP contribution in [-0.2, 0) is 0 Å². The zero-order valence-electron chi connectivity index (χ0n) is 13.8. The molecule has 0 aliphatic heterocycles. The Morgan fingerprint density at radius 1 is 0.926 bits per heavy atom. The first-order valence-electron chi connectivity index (χ1n) is 8.00. The van der Waals surface area contributed by atoms with Gasteiger partial charge in [0.15, 0.2) is 17.5 Å². The van der Waals surface area contributed by atoms with E-state index >= 15 is 0 Å². The van der Waals surface area contributed by atoms with Crippen molar-refractivity contribution in [1.29, 1.82) is 5.26 Å². The lowest BCUT2D eigenvalue weighted by Crippen LogP contribution is -1.86. The summed E-state index contributed by atoms with van der Waals surface area (Å²) < 4.78 is 28.7. The zero-order chi connectivity index (χ0) is 18.8. The van der Waals surface area contributed by atoms with E-state index in [-0.39, 0.29) is 0 Å². The maximum atomic E-state index is 13.7. The van der Waals surface area contributed by atoms with Crippen molar-refractivity contribution in [3.8, 4) is 17.3 Å². The topological polar surface area (TPSA) is 65.8 Å². The lowest BCUT2D eigenvalue weighted by Gasteiger charge is -2.01. The lowest BCUT2D eigenvalue weighted by molar-refractivity contribution is 0.509. The van der Waals surface area contributed by atoms with Crippen LogP contribution in [0.3, 0.4) is 0 Å². The Morgan fingerprint density at radius 3 is 2.63 bits per heavy atom. The number of nitrogens with zero attached hydrogens (tertiary/aromatic N) is 5. The Balaban J connectivity index is 1.86. The number of fused-ring (bicyclic) bond motifs is 1. The molecule has 0 amide bonds. The molecule has 0 atom stereocenters. The third kappa shape index (κ3) is 3.16. The van der Waals surface area contributed by atoms with Crippen LogP contribution in [0.4, 0.5) is 20.3 Å². The highest BCUT2D eigenvalue weighted by atomic mass is 19.2. The molecule has 0 aliphatic rings.